The van der Waals surface area contributed by atoms with Crippen molar-refractivity contribution in [2.24, 2.45) is 0 Å². The van der Waals surface area contributed by atoms with Crippen molar-refractivity contribution >= 4 is 22.7 Å². The highest BCUT2D eigenvalue weighted by Crippen LogP contribution is 2.25. The van der Waals surface area contributed by atoms with Crippen LogP contribution in [0.4, 0.5) is 5.69 Å². The van der Waals surface area contributed by atoms with Gasteiger partial charge in [-0.2, -0.15) is 0 Å². The zero-order valence-electron chi connectivity index (χ0n) is 13.6. The molecule has 120 valence electrons. The first kappa shape index (κ1) is 14.9. The highest BCUT2D eigenvalue weighted by Gasteiger charge is 2.09. The van der Waals surface area contributed by atoms with Crippen LogP contribution in [0.1, 0.15) is 23.5 Å². The van der Waals surface area contributed by atoms with Crippen molar-refractivity contribution in [3.63, 3.8) is 0 Å². The van der Waals surface area contributed by atoms with Crippen LogP contribution in [0.2, 0.25) is 0 Å². The summed E-state index contributed by atoms with van der Waals surface area (Å²) >= 11 is 1.67. The second kappa shape index (κ2) is 6.09. The molecule has 1 aromatic carbocycles. The largest absolute Gasteiger partial charge is 0.376 e. The van der Waals surface area contributed by atoms with Gasteiger partial charge in [0.2, 0.25) is 0 Å². The molecule has 24 heavy (non-hydrogen) atoms. The van der Waals surface area contributed by atoms with Crippen molar-refractivity contribution in [1.82, 2.24) is 14.4 Å². The minimum atomic E-state index is 0.202. The van der Waals surface area contributed by atoms with Crippen molar-refractivity contribution in [3.05, 3.63) is 70.9 Å². The average molecular weight is 334 g/mol. The number of benzene rings is 1. The number of nitrogens with zero attached hydrogens (tertiary/aromatic N) is 3. The molecule has 0 radical (unpaired) electrons. The molecule has 1 unspecified atom stereocenters. The molecule has 0 amide bonds. The minimum absolute atomic E-state index is 0.202. The summed E-state index contributed by atoms with van der Waals surface area (Å²) in [6.07, 6.45) is 5.94. The molecule has 4 rings (SSSR count). The fraction of sp³-hybridized carbons (Fsp3) is 0.158. The lowest BCUT2D eigenvalue weighted by molar-refractivity contribution is 0.870. The molecule has 0 fully saturated rings. The monoisotopic (exact) mass is 334 g/mol. The summed E-state index contributed by atoms with van der Waals surface area (Å²) in [6, 6.07) is 12.7. The number of aromatic nitrogens is 3. The topological polar surface area (TPSA) is 42.2 Å². The van der Waals surface area contributed by atoms with E-state index >= 15 is 0 Å². The molecular formula is C19H18N4S. The SMILES string of the molecule is Cc1cccn2cc(-c3ccc(NC(C)c4nccs4)cc3)nc12. The third kappa shape index (κ3) is 2.78. The standard InChI is InChI=1S/C19H18N4S/c1-13-4-3-10-23-12-17(22-18(13)23)15-5-7-16(8-6-15)21-14(2)19-20-9-11-24-19/h3-12,14,21H,1-2H3. The van der Waals surface area contributed by atoms with E-state index in [9.17, 15) is 0 Å². The first-order chi connectivity index (χ1) is 11.7. The molecule has 0 bridgehead atoms. The van der Waals surface area contributed by atoms with E-state index in [1.165, 1.54) is 5.56 Å². The minimum Gasteiger partial charge on any atom is -0.376 e. The summed E-state index contributed by atoms with van der Waals surface area (Å²) in [5.41, 5.74) is 5.38. The molecule has 0 aliphatic heterocycles. The van der Waals surface area contributed by atoms with Crippen molar-refractivity contribution in [2.75, 3.05) is 5.32 Å². The molecule has 0 aliphatic carbocycles. The molecule has 4 aromatic rings. The zero-order valence-corrected chi connectivity index (χ0v) is 14.4. The molecular weight excluding hydrogens is 316 g/mol. The zero-order chi connectivity index (χ0) is 16.5. The lowest BCUT2D eigenvalue weighted by Gasteiger charge is -2.12. The van der Waals surface area contributed by atoms with E-state index < -0.39 is 0 Å². The van der Waals surface area contributed by atoms with Gasteiger partial charge in [0.05, 0.1) is 11.7 Å². The molecule has 3 aromatic heterocycles. The lowest BCUT2D eigenvalue weighted by Crippen LogP contribution is -2.05. The fourth-order valence-electron chi connectivity index (χ4n) is 2.79. The van der Waals surface area contributed by atoms with E-state index in [4.69, 9.17) is 4.98 Å². The predicted octanol–water partition coefficient (Wildman–Crippen LogP) is 4.94. The fourth-order valence-corrected chi connectivity index (χ4v) is 3.44. The molecule has 0 aliphatic rings. The van der Waals surface area contributed by atoms with Gasteiger partial charge in [0, 0.05) is 35.2 Å². The Morgan fingerprint density at radius 1 is 1.17 bits per heavy atom. The van der Waals surface area contributed by atoms with Crippen LogP contribution >= 0.6 is 11.3 Å². The molecule has 4 nitrogen and oxygen atoms in total. The maximum Gasteiger partial charge on any atom is 0.140 e. The van der Waals surface area contributed by atoms with Crippen molar-refractivity contribution in [2.45, 2.75) is 19.9 Å². The number of nitrogens with one attached hydrogen (secondary N) is 1. The highest BCUT2D eigenvalue weighted by molar-refractivity contribution is 7.09. The first-order valence-electron chi connectivity index (χ1n) is 7.91. The van der Waals surface area contributed by atoms with E-state index in [1.807, 2.05) is 23.8 Å². The number of pyridine rings is 1. The molecule has 1 atom stereocenters. The van der Waals surface area contributed by atoms with Crippen LogP contribution < -0.4 is 5.32 Å². The van der Waals surface area contributed by atoms with Gasteiger partial charge >= 0.3 is 0 Å². The van der Waals surface area contributed by atoms with Gasteiger partial charge in [-0.15, -0.1) is 11.3 Å². The van der Waals surface area contributed by atoms with Crippen LogP contribution in [-0.2, 0) is 0 Å². The number of fused-ring (bicyclic) bond motifs is 1. The molecule has 0 saturated heterocycles. The number of aryl methyl sites for hydroxylation is 1. The Hall–Kier alpha value is -2.66. The van der Waals surface area contributed by atoms with Crippen molar-refractivity contribution in [3.8, 4) is 11.3 Å². The van der Waals surface area contributed by atoms with E-state index in [0.717, 1.165) is 27.6 Å². The second-order valence-electron chi connectivity index (χ2n) is 5.86. The molecule has 1 N–H and O–H groups in total. The highest BCUT2D eigenvalue weighted by atomic mass is 32.1. The van der Waals surface area contributed by atoms with E-state index in [0.29, 0.717) is 0 Å². The van der Waals surface area contributed by atoms with Crippen molar-refractivity contribution < 1.29 is 0 Å². The van der Waals surface area contributed by atoms with E-state index in [1.54, 1.807) is 11.3 Å². The normalized spacial score (nSPS) is 12.4. The van der Waals surface area contributed by atoms with E-state index in [-0.39, 0.29) is 6.04 Å². The third-order valence-corrected chi connectivity index (χ3v) is 5.02. The molecule has 3 heterocycles. The second-order valence-corrected chi connectivity index (χ2v) is 6.79. The van der Waals surface area contributed by atoms with Gasteiger partial charge in [0.1, 0.15) is 10.7 Å². The number of thiazole rings is 1. The number of rotatable bonds is 4. The Balaban J connectivity index is 1.57. The van der Waals surface area contributed by atoms with Gasteiger partial charge < -0.3 is 9.72 Å². The number of hydrogen-bond acceptors (Lipinski definition) is 4. The number of imidazole rings is 1. The van der Waals surface area contributed by atoms with Crippen molar-refractivity contribution in [1.29, 1.82) is 0 Å². The van der Waals surface area contributed by atoms with Crippen LogP contribution in [0.25, 0.3) is 16.9 Å². The van der Waals surface area contributed by atoms with Gasteiger partial charge in [-0.3, -0.25) is 0 Å². The number of hydrogen-bond donors (Lipinski definition) is 1. The number of anilines is 1. The summed E-state index contributed by atoms with van der Waals surface area (Å²) in [4.78, 5) is 9.10. The Bertz CT molecular complexity index is 955. The molecule has 0 spiro atoms. The first-order valence-corrected chi connectivity index (χ1v) is 8.79. The smallest absolute Gasteiger partial charge is 0.140 e. The summed E-state index contributed by atoms with van der Waals surface area (Å²) in [6.45, 7) is 4.21. The van der Waals surface area contributed by atoms with Gasteiger partial charge in [0.15, 0.2) is 0 Å². The summed E-state index contributed by atoms with van der Waals surface area (Å²) < 4.78 is 2.07. The molecule has 5 heteroatoms. The van der Waals surface area contributed by atoms with Gasteiger partial charge in [0.25, 0.3) is 0 Å². The van der Waals surface area contributed by atoms with Gasteiger partial charge in [-0.05, 0) is 37.6 Å². The van der Waals surface area contributed by atoms with Crippen LogP contribution in [0.3, 0.4) is 0 Å². The van der Waals surface area contributed by atoms with Crippen LogP contribution in [0, 0.1) is 6.92 Å². The van der Waals surface area contributed by atoms with Gasteiger partial charge in [-0.25, -0.2) is 9.97 Å². The van der Waals surface area contributed by atoms with Crippen LogP contribution in [0.5, 0.6) is 0 Å². The lowest BCUT2D eigenvalue weighted by atomic mass is 10.1. The Labute approximate surface area is 144 Å². The Kier molecular flexibility index (Phi) is 3.78. The molecule has 0 saturated carbocycles. The summed E-state index contributed by atoms with van der Waals surface area (Å²) in [7, 11) is 0. The van der Waals surface area contributed by atoms with Crippen LogP contribution in [0.15, 0.2) is 60.4 Å². The summed E-state index contributed by atoms with van der Waals surface area (Å²) in [5.74, 6) is 0. The quantitative estimate of drug-likeness (QED) is 0.575. The maximum atomic E-state index is 4.75. The van der Waals surface area contributed by atoms with Gasteiger partial charge in [-0.1, -0.05) is 18.2 Å². The maximum absolute atomic E-state index is 4.75. The van der Waals surface area contributed by atoms with Crippen LogP contribution in [-0.4, -0.2) is 14.4 Å². The predicted molar refractivity (Wildman–Crippen MR) is 99.5 cm³/mol. The average Bonchev–Trinajstić information content (AvgIpc) is 3.26. The third-order valence-electron chi connectivity index (χ3n) is 4.06. The summed E-state index contributed by atoms with van der Waals surface area (Å²) in [5, 5.41) is 6.58. The Morgan fingerprint density at radius 3 is 2.71 bits per heavy atom. The van der Waals surface area contributed by atoms with E-state index in [2.05, 4.69) is 65.1 Å². The Morgan fingerprint density at radius 2 is 2.00 bits per heavy atom.